The van der Waals surface area contributed by atoms with Gasteiger partial charge in [0.15, 0.2) is 11.5 Å². The van der Waals surface area contributed by atoms with Crippen molar-refractivity contribution in [3.05, 3.63) is 119 Å². The molecule has 1 saturated carbocycles. The number of aromatic nitrogens is 4. The van der Waals surface area contributed by atoms with E-state index in [9.17, 15) is 24.0 Å². The van der Waals surface area contributed by atoms with Crippen LogP contribution < -0.4 is 27.8 Å². The van der Waals surface area contributed by atoms with Gasteiger partial charge in [0.05, 0.1) is 22.4 Å². The van der Waals surface area contributed by atoms with Gasteiger partial charge in [-0.2, -0.15) is 0 Å². The van der Waals surface area contributed by atoms with E-state index in [0.717, 1.165) is 46.5 Å². The van der Waals surface area contributed by atoms with Crippen molar-refractivity contribution in [2.24, 2.45) is 11.5 Å². The molecular weight excluding hydrogens is 749 g/mol. The average Bonchev–Trinajstić information content (AvgIpc) is 3.72. The second-order valence-corrected chi connectivity index (χ2v) is 15.3. The average molecular weight is 789 g/mol. The number of pyridine rings is 2. The highest BCUT2D eigenvalue weighted by Crippen LogP contribution is 2.40. The lowest BCUT2D eigenvalue weighted by atomic mass is 9.73. The number of benzene rings is 3. The van der Waals surface area contributed by atoms with Gasteiger partial charge in [0.25, 0.3) is 11.8 Å². The fourth-order valence-corrected chi connectivity index (χ4v) is 8.24. The summed E-state index contributed by atoms with van der Waals surface area (Å²) in [4.78, 5) is 79.4. The lowest BCUT2D eigenvalue weighted by Crippen LogP contribution is -2.54. The quantitative estimate of drug-likeness (QED) is 0.116. The standard InChI is InChI=1S/C44H40N10O5/c45-37-29(8-3-22-48-37)39-51-33-17-16-30(50-40(33)53(39)27-13-11-26(12-14-27)44(47)20-4-21-44)25-6-1-5-24(23-25)10-15-32(38(46)56)49-31-9-2-7-28-36(31)43(59)54(42(28)58)34-18-19-35(55)52-41(34)57/h1-3,5-9,11-14,16-17,22-23,32,34,49H,4,10,15,18-21,47H2,(H2,45,48)(H2,46,56)(H,52,55,57). The van der Waals surface area contributed by atoms with Gasteiger partial charge in [0.2, 0.25) is 17.7 Å². The van der Waals surface area contributed by atoms with Gasteiger partial charge in [-0.15, -0.1) is 0 Å². The van der Waals surface area contributed by atoms with Crippen LogP contribution in [0.3, 0.4) is 0 Å². The highest BCUT2D eigenvalue weighted by atomic mass is 16.2. The molecule has 59 heavy (non-hydrogen) atoms. The van der Waals surface area contributed by atoms with Crippen LogP contribution in [0.4, 0.5) is 11.5 Å². The Bertz CT molecular complexity index is 2720. The molecule has 2 fully saturated rings. The third-order valence-electron chi connectivity index (χ3n) is 11.6. The van der Waals surface area contributed by atoms with Crippen LogP contribution in [0.1, 0.15) is 70.4 Å². The number of fused-ring (bicyclic) bond motifs is 2. The number of aryl methyl sites for hydroxylation is 1. The molecule has 8 N–H and O–H groups in total. The first-order valence-electron chi connectivity index (χ1n) is 19.5. The molecule has 3 aliphatic rings. The first-order chi connectivity index (χ1) is 28.5. The van der Waals surface area contributed by atoms with Gasteiger partial charge in [-0.05, 0) is 104 Å². The summed E-state index contributed by atoms with van der Waals surface area (Å²) in [6.45, 7) is 0. The highest BCUT2D eigenvalue weighted by molar-refractivity contribution is 6.25. The van der Waals surface area contributed by atoms with Crippen LogP contribution in [0.5, 0.6) is 0 Å². The molecule has 3 aromatic carbocycles. The molecular formula is C44H40N10O5. The van der Waals surface area contributed by atoms with Crippen molar-refractivity contribution in [3.8, 4) is 28.3 Å². The van der Waals surface area contributed by atoms with Crippen LogP contribution in [0, 0.1) is 0 Å². The number of hydrogen-bond donors (Lipinski definition) is 5. The number of anilines is 2. The number of nitrogens with one attached hydrogen (secondary N) is 2. The van der Waals surface area contributed by atoms with E-state index < -0.39 is 41.6 Å². The van der Waals surface area contributed by atoms with Crippen molar-refractivity contribution >= 4 is 52.2 Å². The zero-order valence-electron chi connectivity index (χ0n) is 31.9. The summed E-state index contributed by atoms with van der Waals surface area (Å²) in [5.41, 5.74) is 25.3. The summed E-state index contributed by atoms with van der Waals surface area (Å²) in [5.74, 6) is -2.19. The van der Waals surface area contributed by atoms with Gasteiger partial charge < -0.3 is 22.5 Å². The predicted octanol–water partition coefficient (Wildman–Crippen LogP) is 4.37. The van der Waals surface area contributed by atoms with E-state index in [4.69, 9.17) is 27.2 Å². The molecule has 1 saturated heterocycles. The van der Waals surface area contributed by atoms with Crippen molar-refractivity contribution in [1.82, 2.24) is 29.7 Å². The predicted molar refractivity (Wildman–Crippen MR) is 220 cm³/mol. The fraction of sp³-hybridized carbons (Fsp3) is 0.227. The molecule has 2 aliphatic heterocycles. The number of hydrogen-bond acceptors (Lipinski definition) is 11. The van der Waals surface area contributed by atoms with Crippen molar-refractivity contribution in [2.45, 2.75) is 62.6 Å². The third-order valence-corrected chi connectivity index (χ3v) is 11.6. The summed E-state index contributed by atoms with van der Waals surface area (Å²) in [6, 6.07) is 26.2. The van der Waals surface area contributed by atoms with Gasteiger partial charge >= 0.3 is 0 Å². The van der Waals surface area contributed by atoms with Crippen LogP contribution >= 0.6 is 0 Å². The number of nitrogens with two attached hydrogens (primary N) is 3. The van der Waals surface area contributed by atoms with Crippen LogP contribution in [0.25, 0.3) is 39.5 Å². The maximum atomic E-state index is 13.7. The van der Waals surface area contributed by atoms with Gasteiger partial charge in [0.1, 0.15) is 23.4 Å². The van der Waals surface area contributed by atoms with Gasteiger partial charge in [-0.25, -0.2) is 15.0 Å². The van der Waals surface area contributed by atoms with E-state index in [1.165, 1.54) is 6.07 Å². The number of primary amides is 1. The molecule has 0 bridgehead atoms. The number of piperidine rings is 1. The highest BCUT2D eigenvalue weighted by Gasteiger charge is 2.46. The Kier molecular flexibility index (Phi) is 9.23. The van der Waals surface area contributed by atoms with E-state index in [2.05, 4.69) is 27.8 Å². The Morgan fingerprint density at radius 3 is 2.42 bits per heavy atom. The molecule has 15 heteroatoms. The first kappa shape index (κ1) is 37.3. The van der Waals surface area contributed by atoms with Crippen LogP contribution in [-0.2, 0) is 26.3 Å². The largest absolute Gasteiger partial charge is 0.383 e. The number of amides is 5. The Morgan fingerprint density at radius 2 is 1.69 bits per heavy atom. The van der Waals surface area contributed by atoms with E-state index in [0.29, 0.717) is 40.5 Å². The molecule has 5 amide bonds. The van der Waals surface area contributed by atoms with Crippen molar-refractivity contribution in [3.63, 3.8) is 0 Å². The second-order valence-electron chi connectivity index (χ2n) is 15.3. The van der Waals surface area contributed by atoms with Crippen molar-refractivity contribution in [1.29, 1.82) is 0 Å². The van der Waals surface area contributed by atoms with Crippen LogP contribution in [-0.4, -0.2) is 66.0 Å². The minimum Gasteiger partial charge on any atom is -0.383 e. The van der Waals surface area contributed by atoms with E-state index in [-0.39, 0.29) is 41.6 Å². The van der Waals surface area contributed by atoms with E-state index in [1.807, 2.05) is 65.2 Å². The molecule has 15 nitrogen and oxygen atoms in total. The molecule has 0 spiro atoms. The number of imidazole rings is 1. The fourth-order valence-electron chi connectivity index (χ4n) is 8.24. The minimum atomic E-state index is -1.12. The molecule has 2 atom stereocenters. The smallest absolute Gasteiger partial charge is 0.264 e. The Morgan fingerprint density at radius 1 is 0.915 bits per heavy atom. The molecule has 6 aromatic rings. The van der Waals surface area contributed by atoms with Crippen molar-refractivity contribution < 1.29 is 24.0 Å². The monoisotopic (exact) mass is 788 g/mol. The molecule has 0 radical (unpaired) electrons. The maximum absolute atomic E-state index is 13.7. The second kappa shape index (κ2) is 14.6. The molecule has 3 aromatic heterocycles. The third kappa shape index (κ3) is 6.64. The number of rotatable bonds is 11. The van der Waals surface area contributed by atoms with E-state index >= 15 is 0 Å². The van der Waals surface area contributed by atoms with Gasteiger partial charge in [-0.3, -0.25) is 38.8 Å². The Labute approximate surface area is 338 Å². The van der Waals surface area contributed by atoms with Crippen LogP contribution in [0.15, 0.2) is 97.2 Å². The van der Waals surface area contributed by atoms with Crippen LogP contribution in [0.2, 0.25) is 0 Å². The zero-order valence-corrected chi connectivity index (χ0v) is 31.9. The van der Waals surface area contributed by atoms with Gasteiger partial charge in [0, 0.05) is 35.1 Å². The number of carbonyl (C=O) groups excluding carboxylic acids is 5. The summed E-state index contributed by atoms with van der Waals surface area (Å²) in [6.07, 6.45) is 5.37. The van der Waals surface area contributed by atoms with Gasteiger partial charge in [-0.1, -0.05) is 36.4 Å². The molecule has 2 unspecified atom stereocenters. The lowest BCUT2D eigenvalue weighted by Gasteiger charge is -2.38. The SMILES string of the molecule is NC(=O)C(CCc1cccc(-c2ccc3nc(-c4cccnc4N)n(-c4ccc(C5(N)CCC5)cc4)c3n2)c1)Nc1cccc2c1C(=O)N(C1CCC(=O)NC1=O)C2=O. The molecule has 1 aliphatic carbocycles. The number of nitrogens with zero attached hydrogens (tertiary/aromatic N) is 5. The maximum Gasteiger partial charge on any atom is 0.264 e. The molecule has 5 heterocycles. The molecule has 296 valence electrons. The summed E-state index contributed by atoms with van der Waals surface area (Å²) in [7, 11) is 0. The number of imide groups is 2. The zero-order chi connectivity index (χ0) is 41.0. The van der Waals surface area contributed by atoms with E-state index in [1.54, 1.807) is 18.3 Å². The normalized spacial score (nSPS) is 17.7. The Hall–Kier alpha value is -7.26. The minimum absolute atomic E-state index is 0.00239. The topological polar surface area (TPSA) is 234 Å². The molecule has 9 rings (SSSR count). The summed E-state index contributed by atoms with van der Waals surface area (Å²) >= 11 is 0. The number of nitrogen functional groups attached to an aromatic ring is 1. The van der Waals surface area contributed by atoms with Crippen molar-refractivity contribution in [2.75, 3.05) is 11.1 Å². The lowest BCUT2D eigenvalue weighted by molar-refractivity contribution is -0.136. The summed E-state index contributed by atoms with van der Waals surface area (Å²) in [5, 5.41) is 5.30. The first-order valence-corrected chi connectivity index (χ1v) is 19.5. The Balaban J connectivity index is 0.981. The number of carbonyl (C=O) groups is 5. The summed E-state index contributed by atoms with van der Waals surface area (Å²) < 4.78 is 1.98.